The number of nitro benzene ring substituents is 1. The van der Waals surface area contributed by atoms with Crippen LogP contribution >= 0.6 is 0 Å². The van der Waals surface area contributed by atoms with E-state index < -0.39 is 4.92 Å². The molecule has 0 radical (unpaired) electrons. The van der Waals surface area contributed by atoms with Crippen LogP contribution in [0.25, 0.3) is 0 Å². The van der Waals surface area contributed by atoms with Crippen molar-refractivity contribution >= 4 is 11.6 Å². The van der Waals surface area contributed by atoms with E-state index in [1.165, 1.54) is 6.07 Å². The van der Waals surface area contributed by atoms with E-state index in [9.17, 15) is 14.9 Å². The molecule has 0 spiro atoms. The summed E-state index contributed by atoms with van der Waals surface area (Å²) in [5.41, 5.74) is 0.168. The van der Waals surface area contributed by atoms with Crippen LogP contribution in [0, 0.1) is 10.1 Å². The summed E-state index contributed by atoms with van der Waals surface area (Å²) in [6.07, 6.45) is 1.98. The minimum atomic E-state index is -0.465. The molecule has 1 heterocycles. The highest BCUT2D eigenvalue weighted by Crippen LogP contribution is 2.20. The summed E-state index contributed by atoms with van der Waals surface area (Å²) >= 11 is 0. The van der Waals surface area contributed by atoms with Gasteiger partial charge in [-0.05, 0) is 19.4 Å². The predicted molar refractivity (Wildman–Crippen MR) is 81.7 cm³/mol. The normalized spacial score (nSPS) is 20.8. The number of hydrogen-bond acceptors (Lipinski definition) is 5. The lowest BCUT2D eigenvalue weighted by Gasteiger charge is -2.28. The number of ether oxygens (including phenoxy) is 1. The van der Waals surface area contributed by atoms with Crippen LogP contribution < -0.4 is 10.6 Å². The van der Waals surface area contributed by atoms with Gasteiger partial charge in [0.05, 0.1) is 23.5 Å². The summed E-state index contributed by atoms with van der Waals surface area (Å²) in [6, 6.07) is 6.31. The van der Waals surface area contributed by atoms with Gasteiger partial charge in [0.2, 0.25) is 5.91 Å². The lowest BCUT2D eigenvalue weighted by molar-refractivity contribution is -0.385. The molecule has 1 fully saturated rings. The molecule has 1 atom stereocenters. The van der Waals surface area contributed by atoms with Crippen molar-refractivity contribution in [2.75, 3.05) is 26.8 Å². The number of carbonyl (C=O) groups excluding carboxylic acids is 1. The monoisotopic (exact) mass is 307 g/mol. The lowest BCUT2D eigenvalue weighted by Crippen LogP contribution is -2.53. The van der Waals surface area contributed by atoms with Crippen molar-refractivity contribution < 1.29 is 14.5 Å². The Kier molecular flexibility index (Phi) is 5.46. The molecular formula is C15H21N3O4. The first-order valence-electron chi connectivity index (χ1n) is 7.29. The average Bonchev–Trinajstić information content (AvgIpc) is 2.95. The van der Waals surface area contributed by atoms with Crippen LogP contribution in [0.2, 0.25) is 0 Å². The van der Waals surface area contributed by atoms with Crippen molar-refractivity contribution in [3.05, 3.63) is 39.9 Å². The highest BCUT2D eigenvalue weighted by Gasteiger charge is 2.33. The Morgan fingerprint density at radius 2 is 2.27 bits per heavy atom. The number of nitro groups is 1. The second kappa shape index (κ2) is 7.33. The summed E-state index contributed by atoms with van der Waals surface area (Å²) in [7, 11) is 1.64. The van der Waals surface area contributed by atoms with Gasteiger partial charge in [-0.2, -0.15) is 0 Å². The van der Waals surface area contributed by atoms with Gasteiger partial charge in [-0.15, -0.1) is 0 Å². The van der Waals surface area contributed by atoms with Gasteiger partial charge in [-0.3, -0.25) is 14.9 Å². The summed E-state index contributed by atoms with van der Waals surface area (Å²) in [5.74, 6) is -0.224. The summed E-state index contributed by atoms with van der Waals surface area (Å²) in [5, 5.41) is 17.2. The number of rotatable bonds is 7. The predicted octanol–water partition coefficient (Wildman–Crippen LogP) is 1.02. The summed E-state index contributed by atoms with van der Waals surface area (Å²) in [4.78, 5) is 22.6. The van der Waals surface area contributed by atoms with Crippen LogP contribution in [0.5, 0.6) is 0 Å². The lowest BCUT2D eigenvalue weighted by atomic mass is 9.98. The van der Waals surface area contributed by atoms with Crippen molar-refractivity contribution in [3.63, 3.8) is 0 Å². The zero-order chi connectivity index (χ0) is 16.0. The van der Waals surface area contributed by atoms with Crippen molar-refractivity contribution in [2.24, 2.45) is 0 Å². The van der Waals surface area contributed by atoms with Crippen molar-refractivity contribution in [1.82, 2.24) is 10.6 Å². The van der Waals surface area contributed by atoms with Crippen molar-refractivity contribution in [2.45, 2.75) is 24.8 Å². The summed E-state index contributed by atoms with van der Waals surface area (Å²) < 4.78 is 5.23. The van der Waals surface area contributed by atoms with E-state index in [4.69, 9.17) is 4.74 Å². The quantitative estimate of drug-likeness (QED) is 0.579. The number of benzene rings is 1. The Labute approximate surface area is 129 Å². The van der Waals surface area contributed by atoms with E-state index in [0.717, 1.165) is 19.4 Å². The SMILES string of the molecule is COCC1(CNC(=O)Cc2ccccc2[N+](=O)[O-])CCCN1. The van der Waals surface area contributed by atoms with Crippen LogP contribution in [0.15, 0.2) is 24.3 Å². The van der Waals surface area contributed by atoms with Gasteiger partial charge in [0.15, 0.2) is 0 Å². The van der Waals surface area contributed by atoms with Gasteiger partial charge in [0, 0.05) is 25.3 Å². The van der Waals surface area contributed by atoms with E-state index in [2.05, 4.69) is 10.6 Å². The highest BCUT2D eigenvalue weighted by atomic mass is 16.6. The van der Waals surface area contributed by atoms with E-state index in [0.29, 0.717) is 18.7 Å². The van der Waals surface area contributed by atoms with Crippen LogP contribution in [0.3, 0.4) is 0 Å². The number of hydrogen-bond donors (Lipinski definition) is 2. The second-order valence-corrected chi connectivity index (χ2v) is 5.58. The molecule has 1 unspecified atom stereocenters. The third kappa shape index (κ3) is 4.02. The molecule has 7 heteroatoms. The molecule has 2 rings (SSSR count). The zero-order valence-corrected chi connectivity index (χ0v) is 12.6. The van der Waals surface area contributed by atoms with Gasteiger partial charge in [0.25, 0.3) is 5.69 Å². The molecule has 1 amide bonds. The smallest absolute Gasteiger partial charge is 0.273 e. The van der Waals surface area contributed by atoms with E-state index >= 15 is 0 Å². The Hall–Kier alpha value is -1.99. The first-order valence-corrected chi connectivity index (χ1v) is 7.29. The maximum atomic E-state index is 12.1. The van der Waals surface area contributed by atoms with E-state index in [1.807, 2.05) is 0 Å². The van der Waals surface area contributed by atoms with E-state index in [1.54, 1.807) is 25.3 Å². The molecule has 0 saturated carbocycles. The fourth-order valence-electron chi connectivity index (χ4n) is 2.81. The van der Waals surface area contributed by atoms with Crippen LogP contribution in [-0.4, -0.2) is 43.2 Å². The van der Waals surface area contributed by atoms with Crippen LogP contribution in [0.1, 0.15) is 18.4 Å². The number of carbonyl (C=O) groups is 1. The number of amides is 1. The Bertz CT molecular complexity index is 541. The highest BCUT2D eigenvalue weighted by molar-refractivity contribution is 5.79. The molecule has 7 nitrogen and oxygen atoms in total. The maximum Gasteiger partial charge on any atom is 0.273 e. The van der Waals surface area contributed by atoms with Gasteiger partial charge in [0.1, 0.15) is 0 Å². The molecule has 22 heavy (non-hydrogen) atoms. The first-order chi connectivity index (χ1) is 10.6. The molecule has 1 aliphatic rings. The third-order valence-corrected chi connectivity index (χ3v) is 3.92. The van der Waals surface area contributed by atoms with E-state index in [-0.39, 0.29) is 23.6 Å². The molecule has 0 bridgehead atoms. The molecule has 1 aliphatic heterocycles. The van der Waals surface area contributed by atoms with Gasteiger partial charge >= 0.3 is 0 Å². The molecule has 2 N–H and O–H groups in total. The number of nitrogens with one attached hydrogen (secondary N) is 2. The largest absolute Gasteiger partial charge is 0.383 e. The molecule has 120 valence electrons. The molecule has 1 aromatic rings. The molecule has 1 aromatic carbocycles. The van der Waals surface area contributed by atoms with Gasteiger partial charge in [-0.25, -0.2) is 0 Å². The average molecular weight is 307 g/mol. The van der Waals surface area contributed by atoms with Gasteiger partial charge in [-0.1, -0.05) is 18.2 Å². The Balaban J connectivity index is 1.94. The van der Waals surface area contributed by atoms with Gasteiger partial charge < -0.3 is 15.4 Å². The third-order valence-electron chi connectivity index (χ3n) is 3.92. The standard InChI is InChI=1S/C15H21N3O4/c1-22-11-15(7-4-8-17-15)10-16-14(19)9-12-5-2-3-6-13(12)18(20)21/h2-3,5-6,17H,4,7-11H2,1H3,(H,16,19). The number of nitrogens with zero attached hydrogens (tertiary/aromatic N) is 1. The van der Waals surface area contributed by atoms with Crippen LogP contribution in [0.4, 0.5) is 5.69 Å². The Morgan fingerprint density at radius 1 is 1.50 bits per heavy atom. The summed E-state index contributed by atoms with van der Waals surface area (Å²) in [6.45, 7) is 1.89. The van der Waals surface area contributed by atoms with Crippen LogP contribution in [-0.2, 0) is 16.0 Å². The van der Waals surface area contributed by atoms with Crippen molar-refractivity contribution in [3.8, 4) is 0 Å². The molecule has 0 aromatic heterocycles. The topological polar surface area (TPSA) is 93.5 Å². The zero-order valence-electron chi connectivity index (χ0n) is 12.6. The fourth-order valence-corrected chi connectivity index (χ4v) is 2.81. The number of methoxy groups -OCH3 is 1. The molecule has 0 aliphatic carbocycles. The maximum absolute atomic E-state index is 12.1. The molecule has 1 saturated heterocycles. The molecular weight excluding hydrogens is 286 g/mol. The van der Waals surface area contributed by atoms with Crippen molar-refractivity contribution in [1.29, 1.82) is 0 Å². The Morgan fingerprint density at radius 3 is 2.91 bits per heavy atom. The second-order valence-electron chi connectivity index (χ2n) is 5.58. The first kappa shape index (κ1) is 16.4. The number of para-hydroxylation sites is 1. The fraction of sp³-hybridized carbons (Fsp3) is 0.533. The minimum absolute atomic E-state index is 0.000214. The minimum Gasteiger partial charge on any atom is -0.383 e.